The van der Waals surface area contributed by atoms with Crippen molar-refractivity contribution < 1.29 is 4.42 Å². The standard InChI is InChI=1S/C13H19N3O/c1-3-6-16-7-4-12(5-8-16)14-10-13-15-9-11(2)17-13/h1,9,12,14H,4-8,10H2,2H3. The van der Waals surface area contributed by atoms with Gasteiger partial charge >= 0.3 is 0 Å². The lowest BCUT2D eigenvalue weighted by atomic mass is 10.1. The molecule has 0 spiro atoms. The summed E-state index contributed by atoms with van der Waals surface area (Å²) in [5, 5.41) is 3.48. The van der Waals surface area contributed by atoms with Crippen molar-refractivity contribution >= 4 is 0 Å². The highest BCUT2D eigenvalue weighted by Crippen LogP contribution is 2.10. The zero-order valence-electron chi connectivity index (χ0n) is 10.3. The van der Waals surface area contributed by atoms with Crippen LogP contribution in [-0.4, -0.2) is 35.6 Å². The summed E-state index contributed by atoms with van der Waals surface area (Å²) < 4.78 is 5.42. The third-order valence-electron chi connectivity index (χ3n) is 3.11. The molecule has 4 nitrogen and oxygen atoms in total. The van der Waals surface area contributed by atoms with Gasteiger partial charge in [0.1, 0.15) is 5.76 Å². The van der Waals surface area contributed by atoms with E-state index in [1.54, 1.807) is 6.20 Å². The molecule has 0 atom stereocenters. The molecule has 0 radical (unpaired) electrons. The quantitative estimate of drug-likeness (QED) is 0.793. The van der Waals surface area contributed by atoms with Gasteiger partial charge < -0.3 is 9.73 Å². The predicted molar refractivity (Wildman–Crippen MR) is 66.4 cm³/mol. The van der Waals surface area contributed by atoms with Gasteiger partial charge in [0.2, 0.25) is 5.89 Å². The van der Waals surface area contributed by atoms with Crippen LogP contribution in [0.4, 0.5) is 0 Å². The zero-order chi connectivity index (χ0) is 12.1. The highest BCUT2D eigenvalue weighted by molar-refractivity contribution is 4.92. The minimum absolute atomic E-state index is 0.552. The topological polar surface area (TPSA) is 41.3 Å². The lowest BCUT2D eigenvalue weighted by Gasteiger charge is -2.30. The summed E-state index contributed by atoms with van der Waals surface area (Å²) in [6.07, 6.45) is 9.34. The van der Waals surface area contributed by atoms with Crippen molar-refractivity contribution in [2.24, 2.45) is 0 Å². The molecule has 0 unspecified atom stereocenters. The second kappa shape index (κ2) is 5.85. The number of nitrogens with zero attached hydrogens (tertiary/aromatic N) is 2. The van der Waals surface area contributed by atoms with Crippen LogP contribution in [0.1, 0.15) is 24.5 Å². The van der Waals surface area contributed by atoms with Crippen molar-refractivity contribution in [3.05, 3.63) is 17.8 Å². The van der Waals surface area contributed by atoms with Gasteiger partial charge in [-0.3, -0.25) is 4.90 Å². The Morgan fingerprint density at radius 3 is 2.94 bits per heavy atom. The summed E-state index contributed by atoms with van der Waals surface area (Å²) in [7, 11) is 0. The van der Waals surface area contributed by atoms with E-state index in [0.717, 1.165) is 44.1 Å². The van der Waals surface area contributed by atoms with Gasteiger partial charge in [-0.2, -0.15) is 0 Å². The molecule has 0 aliphatic carbocycles. The van der Waals surface area contributed by atoms with E-state index in [0.29, 0.717) is 12.6 Å². The molecular formula is C13H19N3O. The Labute approximate surface area is 102 Å². The number of rotatable bonds is 4. The number of oxazole rings is 1. The lowest BCUT2D eigenvalue weighted by molar-refractivity contribution is 0.214. The number of aryl methyl sites for hydroxylation is 1. The van der Waals surface area contributed by atoms with E-state index in [9.17, 15) is 0 Å². The van der Waals surface area contributed by atoms with Gasteiger partial charge in [0, 0.05) is 19.1 Å². The van der Waals surface area contributed by atoms with Gasteiger partial charge in [0.15, 0.2) is 0 Å². The maximum absolute atomic E-state index is 5.42. The van der Waals surface area contributed by atoms with E-state index in [1.807, 2.05) is 6.92 Å². The zero-order valence-corrected chi connectivity index (χ0v) is 10.3. The van der Waals surface area contributed by atoms with Crippen LogP contribution in [0.5, 0.6) is 0 Å². The van der Waals surface area contributed by atoms with E-state index in [1.165, 1.54) is 0 Å². The molecule has 2 rings (SSSR count). The van der Waals surface area contributed by atoms with E-state index in [4.69, 9.17) is 10.8 Å². The molecule has 1 fully saturated rings. The lowest BCUT2D eigenvalue weighted by Crippen LogP contribution is -2.42. The second-order valence-corrected chi connectivity index (χ2v) is 4.50. The average molecular weight is 233 g/mol. The van der Waals surface area contributed by atoms with Crippen LogP contribution in [0, 0.1) is 19.3 Å². The number of terminal acetylenes is 1. The number of likely N-dealkylation sites (tertiary alicyclic amines) is 1. The van der Waals surface area contributed by atoms with Gasteiger partial charge in [0.25, 0.3) is 0 Å². The minimum atomic E-state index is 0.552. The number of hydrogen-bond donors (Lipinski definition) is 1. The maximum atomic E-state index is 5.42. The Hall–Kier alpha value is -1.31. The Balaban J connectivity index is 1.70. The molecule has 0 saturated carbocycles. The third kappa shape index (κ3) is 3.58. The van der Waals surface area contributed by atoms with Crippen molar-refractivity contribution in [2.45, 2.75) is 32.4 Å². The number of aromatic nitrogens is 1. The molecule has 17 heavy (non-hydrogen) atoms. The SMILES string of the molecule is C#CCN1CCC(NCc2ncc(C)o2)CC1. The first-order chi connectivity index (χ1) is 8.28. The first-order valence-corrected chi connectivity index (χ1v) is 6.08. The Kier molecular flexibility index (Phi) is 4.18. The van der Waals surface area contributed by atoms with E-state index >= 15 is 0 Å². The molecule has 4 heteroatoms. The van der Waals surface area contributed by atoms with Gasteiger partial charge in [-0.15, -0.1) is 6.42 Å². The molecule has 1 aliphatic heterocycles. The van der Waals surface area contributed by atoms with Gasteiger partial charge in [-0.25, -0.2) is 4.98 Å². The first kappa shape index (κ1) is 12.2. The number of hydrogen-bond acceptors (Lipinski definition) is 4. The van der Waals surface area contributed by atoms with Crippen LogP contribution in [0.3, 0.4) is 0 Å². The third-order valence-corrected chi connectivity index (χ3v) is 3.11. The van der Waals surface area contributed by atoms with E-state index in [2.05, 4.69) is 21.1 Å². The summed E-state index contributed by atoms with van der Waals surface area (Å²) in [5.41, 5.74) is 0. The van der Waals surface area contributed by atoms with Gasteiger partial charge in [-0.1, -0.05) is 5.92 Å². The highest BCUT2D eigenvalue weighted by Gasteiger charge is 2.18. The summed E-state index contributed by atoms with van der Waals surface area (Å²) in [6.45, 7) is 5.55. The largest absolute Gasteiger partial charge is 0.445 e. The van der Waals surface area contributed by atoms with E-state index < -0.39 is 0 Å². The molecule has 1 aromatic heterocycles. The number of nitrogens with one attached hydrogen (secondary N) is 1. The van der Waals surface area contributed by atoms with Crippen LogP contribution in [-0.2, 0) is 6.54 Å². The fourth-order valence-electron chi connectivity index (χ4n) is 2.14. The monoisotopic (exact) mass is 233 g/mol. The first-order valence-electron chi connectivity index (χ1n) is 6.08. The van der Waals surface area contributed by atoms with Crippen LogP contribution < -0.4 is 5.32 Å². The molecule has 2 heterocycles. The average Bonchev–Trinajstić information content (AvgIpc) is 2.75. The Bertz CT molecular complexity index is 386. The van der Waals surface area contributed by atoms with E-state index in [-0.39, 0.29) is 0 Å². The smallest absolute Gasteiger partial charge is 0.208 e. The molecule has 0 amide bonds. The number of piperidine rings is 1. The fourth-order valence-corrected chi connectivity index (χ4v) is 2.14. The van der Waals surface area contributed by atoms with Crippen molar-refractivity contribution in [1.29, 1.82) is 0 Å². The summed E-state index contributed by atoms with van der Waals surface area (Å²) >= 11 is 0. The van der Waals surface area contributed by atoms with Crippen LogP contribution in [0.15, 0.2) is 10.6 Å². The molecule has 1 N–H and O–H groups in total. The molecule has 1 aliphatic rings. The highest BCUT2D eigenvalue weighted by atomic mass is 16.4. The molecule has 0 aromatic carbocycles. The van der Waals surface area contributed by atoms with Crippen molar-refractivity contribution in [3.8, 4) is 12.3 Å². The van der Waals surface area contributed by atoms with Crippen LogP contribution in [0.2, 0.25) is 0 Å². The van der Waals surface area contributed by atoms with Crippen LogP contribution in [0.25, 0.3) is 0 Å². The molecule has 92 valence electrons. The van der Waals surface area contributed by atoms with Crippen molar-refractivity contribution in [2.75, 3.05) is 19.6 Å². The summed E-state index contributed by atoms with van der Waals surface area (Å²) in [4.78, 5) is 6.49. The van der Waals surface area contributed by atoms with Gasteiger partial charge in [0.05, 0.1) is 19.3 Å². The molecule has 1 saturated heterocycles. The van der Waals surface area contributed by atoms with Crippen LogP contribution >= 0.6 is 0 Å². The predicted octanol–water partition coefficient (Wildman–Crippen LogP) is 1.17. The normalized spacial score (nSPS) is 18.1. The summed E-state index contributed by atoms with van der Waals surface area (Å²) in [6, 6.07) is 0.552. The molecule has 0 bridgehead atoms. The van der Waals surface area contributed by atoms with Gasteiger partial charge in [-0.05, 0) is 19.8 Å². The fraction of sp³-hybridized carbons (Fsp3) is 0.615. The summed E-state index contributed by atoms with van der Waals surface area (Å²) in [5.74, 6) is 4.33. The Morgan fingerprint density at radius 2 is 2.35 bits per heavy atom. The minimum Gasteiger partial charge on any atom is -0.445 e. The Morgan fingerprint density at radius 1 is 1.59 bits per heavy atom. The second-order valence-electron chi connectivity index (χ2n) is 4.50. The van der Waals surface area contributed by atoms with Crippen molar-refractivity contribution in [3.63, 3.8) is 0 Å². The molecule has 1 aromatic rings. The maximum Gasteiger partial charge on any atom is 0.208 e. The molecular weight excluding hydrogens is 214 g/mol. The van der Waals surface area contributed by atoms with Crippen molar-refractivity contribution in [1.82, 2.24) is 15.2 Å².